The van der Waals surface area contributed by atoms with Crippen LogP contribution in [0.4, 0.5) is 5.69 Å². The summed E-state index contributed by atoms with van der Waals surface area (Å²) in [5, 5.41) is 10.6. The van der Waals surface area contributed by atoms with E-state index in [-0.39, 0.29) is 5.69 Å². The summed E-state index contributed by atoms with van der Waals surface area (Å²) in [4.78, 5) is 10.2. The number of non-ortho nitro benzene ring substituents is 1. The molecule has 0 unspecified atom stereocenters. The Labute approximate surface area is 125 Å². The highest BCUT2D eigenvalue weighted by molar-refractivity contribution is 9.15. The number of nitro groups is 1. The van der Waals surface area contributed by atoms with Gasteiger partial charge in [-0.3, -0.25) is 10.1 Å². The van der Waals surface area contributed by atoms with Crippen LogP contribution in [0.3, 0.4) is 0 Å². The number of nitro benzene ring substituents is 1. The molecule has 0 aliphatic carbocycles. The van der Waals surface area contributed by atoms with E-state index in [0.29, 0.717) is 0 Å². The number of ether oxygens (including phenoxy) is 1. The summed E-state index contributed by atoms with van der Waals surface area (Å²) < 4.78 is 5.96. The molecule has 0 spiro atoms. The van der Waals surface area contributed by atoms with E-state index in [9.17, 15) is 10.1 Å². The highest BCUT2D eigenvalue weighted by Crippen LogP contribution is 2.26. The van der Waals surface area contributed by atoms with Gasteiger partial charge in [0.1, 0.15) is 5.75 Å². The summed E-state index contributed by atoms with van der Waals surface area (Å²) >= 11 is 3.48. The lowest BCUT2D eigenvalue weighted by atomic mass is 10.1. The lowest BCUT2D eigenvalue weighted by molar-refractivity contribution is -0.384. The highest BCUT2D eigenvalue weighted by atomic mass is 79.9. The highest BCUT2D eigenvalue weighted by Gasteiger charge is 2.05. The van der Waals surface area contributed by atoms with Crippen molar-refractivity contribution in [1.82, 2.24) is 0 Å². The molecule has 2 rings (SSSR count). The second-order valence-corrected chi connectivity index (χ2v) is 4.92. The standard InChI is InChI=1S/C15H12BrNO3/c1-20-14-8-2-11(3-9-14)10-15(16)12-4-6-13(7-5-12)17(18)19/h2-10H,1H3/b15-10-. The Morgan fingerprint density at radius 3 is 2.25 bits per heavy atom. The Morgan fingerprint density at radius 2 is 1.75 bits per heavy atom. The van der Waals surface area contributed by atoms with Gasteiger partial charge < -0.3 is 4.74 Å². The monoisotopic (exact) mass is 333 g/mol. The Morgan fingerprint density at radius 1 is 1.15 bits per heavy atom. The van der Waals surface area contributed by atoms with Crippen LogP contribution in [0.15, 0.2) is 48.5 Å². The molecule has 0 saturated carbocycles. The molecule has 5 heteroatoms. The average Bonchev–Trinajstić information content (AvgIpc) is 2.48. The SMILES string of the molecule is COc1ccc(/C=C(\Br)c2ccc([N+](=O)[O-])cc2)cc1. The van der Waals surface area contributed by atoms with E-state index in [1.807, 2.05) is 30.3 Å². The molecular formula is C15H12BrNO3. The molecule has 0 heterocycles. The molecule has 0 bridgehead atoms. The summed E-state index contributed by atoms with van der Waals surface area (Å²) in [6, 6.07) is 14.0. The predicted octanol–water partition coefficient (Wildman–Crippen LogP) is 4.50. The topological polar surface area (TPSA) is 52.4 Å². The maximum absolute atomic E-state index is 10.6. The van der Waals surface area contributed by atoms with Crippen LogP contribution in [0, 0.1) is 10.1 Å². The fourth-order valence-electron chi connectivity index (χ4n) is 1.67. The first-order chi connectivity index (χ1) is 9.60. The number of methoxy groups -OCH3 is 1. The van der Waals surface area contributed by atoms with Crippen molar-refractivity contribution in [2.24, 2.45) is 0 Å². The minimum Gasteiger partial charge on any atom is -0.497 e. The molecule has 0 radical (unpaired) electrons. The number of nitrogens with zero attached hydrogens (tertiary/aromatic N) is 1. The minimum atomic E-state index is -0.412. The molecular weight excluding hydrogens is 322 g/mol. The van der Waals surface area contributed by atoms with Crippen LogP contribution < -0.4 is 4.74 Å². The van der Waals surface area contributed by atoms with E-state index >= 15 is 0 Å². The van der Waals surface area contributed by atoms with Gasteiger partial charge in [0.05, 0.1) is 12.0 Å². The molecule has 0 aliphatic rings. The molecule has 0 amide bonds. The van der Waals surface area contributed by atoms with E-state index in [0.717, 1.165) is 21.4 Å². The van der Waals surface area contributed by atoms with Gasteiger partial charge in [0.2, 0.25) is 0 Å². The normalized spacial score (nSPS) is 11.2. The molecule has 0 aromatic heterocycles. The van der Waals surface area contributed by atoms with E-state index in [4.69, 9.17) is 4.74 Å². The Hall–Kier alpha value is -2.14. The van der Waals surface area contributed by atoms with E-state index in [1.165, 1.54) is 12.1 Å². The molecule has 20 heavy (non-hydrogen) atoms. The van der Waals surface area contributed by atoms with E-state index in [2.05, 4.69) is 15.9 Å². The van der Waals surface area contributed by atoms with Crippen molar-refractivity contribution in [2.75, 3.05) is 7.11 Å². The van der Waals surface area contributed by atoms with Crippen molar-refractivity contribution in [3.05, 3.63) is 69.8 Å². The molecule has 2 aromatic carbocycles. The fraction of sp³-hybridized carbons (Fsp3) is 0.0667. The van der Waals surface area contributed by atoms with E-state index < -0.39 is 4.92 Å². The fourth-order valence-corrected chi connectivity index (χ4v) is 2.20. The van der Waals surface area contributed by atoms with Crippen LogP contribution in [0.5, 0.6) is 5.75 Å². The molecule has 2 aromatic rings. The Balaban J connectivity index is 2.22. The van der Waals surface area contributed by atoms with Crippen molar-refractivity contribution < 1.29 is 9.66 Å². The second-order valence-electron chi connectivity index (χ2n) is 4.07. The van der Waals surface area contributed by atoms with Crippen LogP contribution in [-0.4, -0.2) is 12.0 Å². The van der Waals surface area contributed by atoms with Crippen LogP contribution >= 0.6 is 15.9 Å². The average molecular weight is 334 g/mol. The summed E-state index contributed by atoms with van der Waals surface area (Å²) in [5.74, 6) is 0.800. The second kappa shape index (κ2) is 6.34. The smallest absolute Gasteiger partial charge is 0.269 e. The van der Waals surface area contributed by atoms with Crippen molar-refractivity contribution in [1.29, 1.82) is 0 Å². The van der Waals surface area contributed by atoms with Crippen molar-refractivity contribution in [2.45, 2.75) is 0 Å². The molecule has 0 atom stereocenters. The first-order valence-corrected chi connectivity index (χ1v) is 6.65. The van der Waals surface area contributed by atoms with Gasteiger partial charge in [0, 0.05) is 16.6 Å². The number of hydrogen-bond donors (Lipinski definition) is 0. The third kappa shape index (κ3) is 3.45. The Bertz CT molecular complexity index is 633. The molecule has 0 fully saturated rings. The summed E-state index contributed by atoms with van der Waals surface area (Å²) in [7, 11) is 1.62. The summed E-state index contributed by atoms with van der Waals surface area (Å²) in [5.41, 5.74) is 1.97. The molecule has 102 valence electrons. The van der Waals surface area contributed by atoms with E-state index in [1.54, 1.807) is 19.2 Å². The van der Waals surface area contributed by atoms with Crippen molar-refractivity contribution in [3.63, 3.8) is 0 Å². The van der Waals surface area contributed by atoms with Crippen molar-refractivity contribution in [3.8, 4) is 5.75 Å². The first kappa shape index (κ1) is 14.3. The molecule has 0 N–H and O–H groups in total. The number of benzene rings is 2. The maximum atomic E-state index is 10.6. The third-order valence-corrected chi connectivity index (χ3v) is 3.45. The quantitative estimate of drug-likeness (QED) is 0.470. The number of rotatable bonds is 4. The molecule has 0 saturated heterocycles. The minimum absolute atomic E-state index is 0.0819. The zero-order chi connectivity index (χ0) is 14.5. The first-order valence-electron chi connectivity index (χ1n) is 5.86. The zero-order valence-corrected chi connectivity index (χ0v) is 12.3. The summed E-state index contributed by atoms with van der Waals surface area (Å²) in [6.45, 7) is 0. The van der Waals surface area contributed by atoms with Gasteiger partial charge in [-0.1, -0.05) is 28.1 Å². The van der Waals surface area contributed by atoms with Gasteiger partial charge in [-0.05, 0) is 41.5 Å². The van der Waals surface area contributed by atoms with Crippen molar-refractivity contribution >= 4 is 32.2 Å². The third-order valence-electron chi connectivity index (χ3n) is 2.76. The van der Waals surface area contributed by atoms with Gasteiger partial charge in [-0.25, -0.2) is 0 Å². The molecule has 0 aliphatic heterocycles. The number of halogens is 1. The van der Waals surface area contributed by atoms with Crippen LogP contribution in [0.2, 0.25) is 0 Å². The van der Waals surface area contributed by atoms with Gasteiger partial charge in [-0.15, -0.1) is 0 Å². The van der Waals surface area contributed by atoms with Crippen LogP contribution in [0.25, 0.3) is 10.6 Å². The summed E-state index contributed by atoms with van der Waals surface area (Å²) in [6.07, 6.45) is 1.95. The van der Waals surface area contributed by atoms with Gasteiger partial charge in [0.15, 0.2) is 0 Å². The van der Waals surface area contributed by atoms with Crippen LogP contribution in [-0.2, 0) is 0 Å². The van der Waals surface area contributed by atoms with Crippen LogP contribution in [0.1, 0.15) is 11.1 Å². The largest absolute Gasteiger partial charge is 0.497 e. The van der Waals surface area contributed by atoms with Gasteiger partial charge >= 0.3 is 0 Å². The molecule has 4 nitrogen and oxygen atoms in total. The lowest BCUT2D eigenvalue weighted by Crippen LogP contribution is -1.87. The van der Waals surface area contributed by atoms with Gasteiger partial charge in [-0.2, -0.15) is 0 Å². The maximum Gasteiger partial charge on any atom is 0.269 e. The lowest BCUT2D eigenvalue weighted by Gasteiger charge is -2.02. The van der Waals surface area contributed by atoms with Gasteiger partial charge in [0.25, 0.3) is 5.69 Å². The predicted molar refractivity (Wildman–Crippen MR) is 82.9 cm³/mol. The number of hydrogen-bond acceptors (Lipinski definition) is 3. The Kier molecular flexibility index (Phi) is 4.53. The zero-order valence-electron chi connectivity index (χ0n) is 10.7.